The molecule has 2 heterocycles. The van der Waals surface area contributed by atoms with Gasteiger partial charge in [-0.1, -0.05) is 54.6 Å². The van der Waals surface area contributed by atoms with Crippen molar-refractivity contribution in [2.75, 3.05) is 19.8 Å². The average molecular weight is 484 g/mol. The van der Waals surface area contributed by atoms with Crippen LogP contribution in [0.1, 0.15) is 41.0 Å². The van der Waals surface area contributed by atoms with Gasteiger partial charge in [0, 0.05) is 44.5 Å². The van der Waals surface area contributed by atoms with Gasteiger partial charge in [0.15, 0.2) is 0 Å². The molecule has 4 aromatic rings. The van der Waals surface area contributed by atoms with Crippen LogP contribution in [-0.4, -0.2) is 34.0 Å². The van der Waals surface area contributed by atoms with Crippen LogP contribution in [0.3, 0.4) is 0 Å². The first kappa shape index (κ1) is 24.1. The molecule has 0 saturated heterocycles. The lowest BCUT2D eigenvalue weighted by Gasteiger charge is -2.21. The zero-order valence-corrected chi connectivity index (χ0v) is 21.2. The van der Waals surface area contributed by atoms with Crippen LogP contribution in [0.15, 0.2) is 83.7 Å². The number of hydrogen-bond donors (Lipinski definition) is 0. The molecule has 1 atom stereocenters. The first-order valence-electron chi connectivity index (χ1n) is 12.5. The van der Waals surface area contributed by atoms with Crippen molar-refractivity contribution in [2.24, 2.45) is 7.05 Å². The molecule has 0 unspecified atom stereocenters. The molecule has 1 aliphatic heterocycles. The van der Waals surface area contributed by atoms with Crippen LogP contribution in [0.4, 0.5) is 0 Å². The smallest absolute Gasteiger partial charge is 0.276 e. The van der Waals surface area contributed by atoms with E-state index >= 15 is 0 Å². The van der Waals surface area contributed by atoms with Crippen LogP contribution < -0.4 is 10.3 Å². The van der Waals surface area contributed by atoms with E-state index in [1.165, 1.54) is 0 Å². The van der Waals surface area contributed by atoms with E-state index in [2.05, 4.69) is 35.2 Å². The standard InChI is InChI=1S/C30H33N3O3/c1-4-35-29(23-11-7-5-8-12-23)24-15-16-28-25(19-24)20-32(17-18-36-28)21-27-22(2)31(3)33(30(27)34)26-13-9-6-10-14-26/h5-16,19,29H,4,17-18,20-21H2,1-3H3/t29-/m1/s1. The third-order valence-corrected chi connectivity index (χ3v) is 6.94. The number of aromatic nitrogens is 2. The molecule has 0 spiro atoms. The lowest BCUT2D eigenvalue weighted by molar-refractivity contribution is 0.0912. The summed E-state index contributed by atoms with van der Waals surface area (Å²) in [6.07, 6.45) is -0.132. The summed E-state index contributed by atoms with van der Waals surface area (Å²) >= 11 is 0. The molecule has 3 aromatic carbocycles. The molecule has 36 heavy (non-hydrogen) atoms. The van der Waals surface area contributed by atoms with Crippen molar-refractivity contribution in [3.8, 4) is 11.4 Å². The summed E-state index contributed by atoms with van der Waals surface area (Å²) in [6, 6.07) is 26.4. The largest absolute Gasteiger partial charge is 0.492 e. The van der Waals surface area contributed by atoms with Crippen LogP contribution in [0.2, 0.25) is 0 Å². The number of nitrogens with zero attached hydrogens (tertiary/aromatic N) is 3. The molecule has 6 heteroatoms. The van der Waals surface area contributed by atoms with Crippen molar-refractivity contribution in [1.82, 2.24) is 14.3 Å². The van der Waals surface area contributed by atoms with Crippen molar-refractivity contribution in [3.63, 3.8) is 0 Å². The Hall–Kier alpha value is -3.61. The minimum atomic E-state index is -0.132. The Morgan fingerprint density at radius 2 is 1.69 bits per heavy atom. The molecule has 5 rings (SSSR count). The van der Waals surface area contributed by atoms with Gasteiger partial charge in [-0.3, -0.25) is 14.4 Å². The molecule has 0 aliphatic carbocycles. The SMILES string of the molecule is CCO[C@H](c1ccccc1)c1ccc2c(c1)CN(Cc1c(C)n(C)n(-c3ccccc3)c1=O)CCO2. The van der Waals surface area contributed by atoms with Gasteiger partial charge >= 0.3 is 0 Å². The van der Waals surface area contributed by atoms with Crippen LogP contribution in [0.5, 0.6) is 5.75 Å². The Morgan fingerprint density at radius 1 is 0.972 bits per heavy atom. The zero-order valence-electron chi connectivity index (χ0n) is 21.2. The van der Waals surface area contributed by atoms with Crippen LogP contribution in [-0.2, 0) is 24.9 Å². The van der Waals surface area contributed by atoms with E-state index in [1.54, 1.807) is 4.68 Å². The fraction of sp³-hybridized carbons (Fsp3) is 0.300. The Kier molecular flexibility index (Phi) is 7.07. The van der Waals surface area contributed by atoms with Gasteiger partial charge in [-0.2, -0.15) is 0 Å². The highest BCUT2D eigenvalue weighted by molar-refractivity contribution is 5.41. The van der Waals surface area contributed by atoms with E-state index in [1.807, 2.05) is 74.1 Å². The van der Waals surface area contributed by atoms with Crippen LogP contribution in [0.25, 0.3) is 5.69 Å². The summed E-state index contributed by atoms with van der Waals surface area (Å²) in [5.74, 6) is 0.899. The number of benzene rings is 3. The summed E-state index contributed by atoms with van der Waals surface area (Å²) in [5.41, 5.74) is 6.04. The Labute approximate surface area is 212 Å². The third-order valence-electron chi connectivity index (χ3n) is 6.94. The number of para-hydroxylation sites is 1. The van der Waals surface area contributed by atoms with Gasteiger partial charge in [0.05, 0.1) is 11.3 Å². The summed E-state index contributed by atoms with van der Waals surface area (Å²) in [5, 5.41) is 0. The maximum Gasteiger partial charge on any atom is 0.276 e. The van der Waals surface area contributed by atoms with E-state index < -0.39 is 0 Å². The molecule has 0 N–H and O–H groups in total. The van der Waals surface area contributed by atoms with E-state index in [-0.39, 0.29) is 11.7 Å². The quantitative estimate of drug-likeness (QED) is 0.371. The van der Waals surface area contributed by atoms with Gasteiger partial charge in [-0.25, -0.2) is 4.68 Å². The second-order valence-corrected chi connectivity index (χ2v) is 9.21. The van der Waals surface area contributed by atoms with Crippen LogP contribution in [0, 0.1) is 6.92 Å². The maximum absolute atomic E-state index is 13.5. The van der Waals surface area contributed by atoms with Crippen molar-refractivity contribution in [2.45, 2.75) is 33.0 Å². The minimum Gasteiger partial charge on any atom is -0.492 e. The number of ether oxygens (including phenoxy) is 2. The predicted molar refractivity (Wildman–Crippen MR) is 142 cm³/mol. The summed E-state index contributed by atoms with van der Waals surface area (Å²) < 4.78 is 15.9. The second kappa shape index (κ2) is 10.6. The Balaban J connectivity index is 1.43. The first-order chi connectivity index (χ1) is 17.6. The molecule has 0 saturated carbocycles. The first-order valence-corrected chi connectivity index (χ1v) is 12.5. The topological polar surface area (TPSA) is 48.6 Å². The normalized spacial score (nSPS) is 14.6. The molecule has 1 aromatic heterocycles. The Morgan fingerprint density at radius 3 is 2.42 bits per heavy atom. The highest BCUT2D eigenvalue weighted by Crippen LogP contribution is 2.32. The maximum atomic E-state index is 13.5. The second-order valence-electron chi connectivity index (χ2n) is 9.21. The molecule has 186 valence electrons. The molecule has 0 bridgehead atoms. The predicted octanol–water partition coefficient (Wildman–Crippen LogP) is 5.00. The van der Waals surface area contributed by atoms with E-state index in [4.69, 9.17) is 9.47 Å². The molecule has 0 fully saturated rings. The molecule has 6 nitrogen and oxygen atoms in total. The van der Waals surface area contributed by atoms with Crippen LogP contribution >= 0.6 is 0 Å². The fourth-order valence-electron chi connectivity index (χ4n) is 4.98. The van der Waals surface area contributed by atoms with E-state index in [0.717, 1.165) is 45.9 Å². The number of hydrogen-bond acceptors (Lipinski definition) is 4. The van der Waals surface area contributed by atoms with Gasteiger partial charge in [-0.05, 0) is 49.2 Å². The highest BCUT2D eigenvalue weighted by atomic mass is 16.5. The average Bonchev–Trinajstić information content (AvgIpc) is 3.04. The highest BCUT2D eigenvalue weighted by Gasteiger charge is 2.23. The van der Waals surface area contributed by atoms with E-state index in [9.17, 15) is 4.79 Å². The summed E-state index contributed by atoms with van der Waals surface area (Å²) in [4.78, 5) is 15.8. The van der Waals surface area contributed by atoms with Gasteiger partial charge in [-0.15, -0.1) is 0 Å². The molecule has 1 aliphatic rings. The Bertz CT molecular complexity index is 1380. The number of rotatable bonds is 7. The lowest BCUT2D eigenvalue weighted by Crippen LogP contribution is -2.29. The zero-order chi connectivity index (χ0) is 25.1. The van der Waals surface area contributed by atoms with Crippen molar-refractivity contribution >= 4 is 0 Å². The van der Waals surface area contributed by atoms with Gasteiger partial charge < -0.3 is 9.47 Å². The lowest BCUT2D eigenvalue weighted by atomic mass is 9.98. The molecule has 0 amide bonds. The summed E-state index contributed by atoms with van der Waals surface area (Å²) in [7, 11) is 1.94. The van der Waals surface area contributed by atoms with Crippen molar-refractivity contribution < 1.29 is 9.47 Å². The number of fused-ring (bicyclic) bond motifs is 1. The monoisotopic (exact) mass is 483 g/mol. The minimum absolute atomic E-state index is 0.0285. The van der Waals surface area contributed by atoms with Crippen molar-refractivity contribution in [3.05, 3.63) is 117 Å². The van der Waals surface area contributed by atoms with Gasteiger partial charge in [0.1, 0.15) is 18.5 Å². The van der Waals surface area contributed by atoms with Gasteiger partial charge in [0.25, 0.3) is 5.56 Å². The third kappa shape index (κ3) is 4.74. The fourth-order valence-corrected chi connectivity index (χ4v) is 4.98. The van der Waals surface area contributed by atoms with Gasteiger partial charge in [0.2, 0.25) is 0 Å². The molecular weight excluding hydrogens is 450 g/mol. The molecular formula is C30H33N3O3. The van der Waals surface area contributed by atoms with Crippen molar-refractivity contribution in [1.29, 1.82) is 0 Å². The molecule has 0 radical (unpaired) electrons. The summed E-state index contributed by atoms with van der Waals surface area (Å²) in [6.45, 7) is 7.27. The van der Waals surface area contributed by atoms with E-state index in [0.29, 0.717) is 26.3 Å².